The van der Waals surface area contributed by atoms with Crippen molar-refractivity contribution >= 4 is 21.9 Å². The first kappa shape index (κ1) is 25.4. The van der Waals surface area contributed by atoms with Crippen LogP contribution in [0.25, 0.3) is 44.3 Å². The predicted molar refractivity (Wildman–Crippen MR) is 158 cm³/mol. The van der Waals surface area contributed by atoms with Gasteiger partial charge >= 0.3 is 0 Å². The van der Waals surface area contributed by atoms with Gasteiger partial charge in [0.1, 0.15) is 24.0 Å². The van der Waals surface area contributed by atoms with Crippen molar-refractivity contribution in [1.82, 2.24) is 4.90 Å². The van der Waals surface area contributed by atoms with E-state index in [-0.39, 0.29) is 5.82 Å². The van der Waals surface area contributed by atoms with Crippen LogP contribution in [0.1, 0.15) is 42.7 Å². The van der Waals surface area contributed by atoms with Crippen LogP contribution in [0, 0.1) is 12.7 Å². The molecule has 204 valence electrons. The number of furan rings is 1. The molecule has 3 heterocycles. The number of aromatic nitrogens is 1. The van der Waals surface area contributed by atoms with E-state index in [2.05, 4.69) is 58.9 Å². The number of pyridine rings is 1. The lowest BCUT2D eigenvalue weighted by Crippen LogP contribution is -2.47. The van der Waals surface area contributed by atoms with Crippen molar-refractivity contribution in [2.75, 3.05) is 26.3 Å². The highest BCUT2D eigenvalue weighted by Crippen LogP contribution is 2.42. The number of fused-ring (bicyclic) bond motifs is 3. The first-order chi connectivity index (χ1) is 19.6. The second kappa shape index (κ2) is 10.5. The average molecular weight is 536 g/mol. The molecule has 2 atom stereocenters. The molecule has 7 rings (SSSR count). The molecule has 0 N–H and O–H groups in total. The van der Waals surface area contributed by atoms with Gasteiger partial charge in [-0.1, -0.05) is 49.2 Å². The highest BCUT2D eigenvalue weighted by Gasteiger charge is 2.32. The molecule has 3 aromatic carbocycles. The van der Waals surface area contributed by atoms with Gasteiger partial charge in [0, 0.05) is 42.0 Å². The van der Waals surface area contributed by atoms with Crippen molar-refractivity contribution in [3.63, 3.8) is 0 Å². The first-order valence-corrected chi connectivity index (χ1v) is 14.6. The fraction of sp³-hybridized carbons (Fsp3) is 0.343. The van der Waals surface area contributed by atoms with Gasteiger partial charge in [0.15, 0.2) is 6.20 Å². The van der Waals surface area contributed by atoms with Crippen LogP contribution in [0.15, 0.2) is 77.3 Å². The van der Waals surface area contributed by atoms with Crippen molar-refractivity contribution < 1.29 is 18.1 Å². The van der Waals surface area contributed by atoms with E-state index in [9.17, 15) is 0 Å². The molecule has 2 unspecified atom stereocenters. The van der Waals surface area contributed by atoms with Crippen molar-refractivity contribution in [3.05, 3.63) is 89.9 Å². The zero-order valence-corrected chi connectivity index (χ0v) is 23.3. The van der Waals surface area contributed by atoms with E-state index >= 15 is 4.39 Å². The fourth-order valence-corrected chi connectivity index (χ4v) is 7.09. The summed E-state index contributed by atoms with van der Waals surface area (Å²) in [5.74, 6) is 0.247. The fourth-order valence-electron chi connectivity index (χ4n) is 7.09. The molecule has 2 fully saturated rings. The van der Waals surface area contributed by atoms with Crippen LogP contribution >= 0.6 is 0 Å². The highest BCUT2D eigenvalue weighted by atomic mass is 19.1. The van der Waals surface area contributed by atoms with Gasteiger partial charge in [-0.2, -0.15) is 0 Å². The van der Waals surface area contributed by atoms with E-state index in [0.717, 1.165) is 65.0 Å². The van der Waals surface area contributed by atoms with Gasteiger partial charge in [0.2, 0.25) is 5.69 Å². The third kappa shape index (κ3) is 4.32. The minimum absolute atomic E-state index is 0.258. The number of ether oxygens (including phenoxy) is 1. The van der Waals surface area contributed by atoms with Gasteiger partial charge < -0.3 is 9.15 Å². The van der Waals surface area contributed by atoms with E-state index in [4.69, 9.17) is 9.15 Å². The topological polar surface area (TPSA) is 29.5 Å². The Labute approximate surface area is 235 Å². The Morgan fingerprint density at radius 1 is 0.825 bits per heavy atom. The van der Waals surface area contributed by atoms with E-state index in [1.807, 2.05) is 31.4 Å². The zero-order valence-electron chi connectivity index (χ0n) is 23.3. The second-order valence-corrected chi connectivity index (χ2v) is 11.5. The first-order valence-electron chi connectivity index (χ1n) is 14.6. The lowest BCUT2D eigenvalue weighted by molar-refractivity contribution is -0.660. The number of benzene rings is 3. The van der Waals surface area contributed by atoms with E-state index < -0.39 is 0 Å². The Kier molecular flexibility index (Phi) is 6.65. The monoisotopic (exact) mass is 535 g/mol. The van der Waals surface area contributed by atoms with Gasteiger partial charge in [0.05, 0.1) is 24.3 Å². The summed E-state index contributed by atoms with van der Waals surface area (Å²) in [7, 11) is 2.04. The Hall–Kier alpha value is -3.54. The molecule has 1 saturated heterocycles. The number of nitrogens with zero attached hydrogens (tertiary/aromatic N) is 2. The zero-order chi connectivity index (χ0) is 27.2. The predicted octanol–water partition coefficient (Wildman–Crippen LogP) is 7.55. The number of rotatable bonds is 4. The lowest BCUT2D eigenvalue weighted by atomic mass is 9.78. The van der Waals surface area contributed by atoms with Crippen molar-refractivity contribution in [1.29, 1.82) is 0 Å². The van der Waals surface area contributed by atoms with Crippen molar-refractivity contribution in [2.24, 2.45) is 7.05 Å². The molecule has 5 heteroatoms. The SMILES string of the molecule is Cc1ccc2c(oc3c(-c4ccc(C5CCCCC5N5CCOCC5)cc4)c(F)ccc32)c1-c1cccc[n+]1C. The second-order valence-electron chi connectivity index (χ2n) is 11.5. The van der Waals surface area contributed by atoms with Crippen molar-refractivity contribution in [2.45, 2.75) is 44.6 Å². The largest absolute Gasteiger partial charge is 0.454 e. The molecule has 0 radical (unpaired) electrons. The van der Waals surface area contributed by atoms with Crippen LogP contribution in [-0.2, 0) is 11.8 Å². The summed E-state index contributed by atoms with van der Waals surface area (Å²) in [6, 6.07) is 23.0. The summed E-state index contributed by atoms with van der Waals surface area (Å²) >= 11 is 0. The molecule has 5 aromatic rings. The Morgan fingerprint density at radius 2 is 1.55 bits per heavy atom. The van der Waals surface area contributed by atoms with Gasteiger partial charge in [-0.25, -0.2) is 8.96 Å². The number of halogens is 1. The van der Waals surface area contributed by atoms with E-state index in [1.165, 1.54) is 31.2 Å². The van der Waals surface area contributed by atoms with Crippen LogP contribution in [0.2, 0.25) is 0 Å². The summed E-state index contributed by atoms with van der Waals surface area (Å²) in [5.41, 5.74) is 7.40. The quantitative estimate of drug-likeness (QED) is 0.223. The molecular formula is C35H36FN2O2+. The maximum Gasteiger partial charge on any atom is 0.216 e. The standard InChI is InChI=1S/C35H36FN2O2/c1-23-10-15-27-28-16-17-29(36)33(35(28)40-34(27)32(23)31-9-5-6-18-37(31)2)25-13-11-24(12-14-25)26-7-3-4-8-30(26)38-19-21-39-22-20-38/h5-6,9-18,26,30H,3-4,7-8,19-22H2,1-2H3/q+1. The molecule has 4 nitrogen and oxygen atoms in total. The number of aryl methyl sites for hydroxylation is 2. The highest BCUT2D eigenvalue weighted by molar-refractivity contribution is 6.13. The maximum absolute atomic E-state index is 15.6. The third-order valence-electron chi connectivity index (χ3n) is 9.15. The molecule has 1 saturated carbocycles. The minimum Gasteiger partial charge on any atom is -0.454 e. The smallest absolute Gasteiger partial charge is 0.216 e. The van der Waals surface area contributed by atoms with Gasteiger partial charge in [-0.15, -0.1) is 0 Å². The summed E-state index contributed by atoms with van der Waals surface area (Å²) in [6.07, 6.45) is 7.03. The van der Waals surface area contributed by atoms with E-state index in [0.29, 0.717) is 23.1 Å². The number of morpholine rings is 1. The normalized spacial score (nSPS) is 20.4. The summed E-state index contributed by atoms with van der Waals surface area (Å²) in [4.78, 5) is 2.63. The Balaban J connectivity index is 1.31. The average Bonchev–Trinajstić information content (AvgIpc) is 3.36. The lowest BCUT2D eigenvalue weighted by Gasteiger charge is -2.42. The molecule has 1 aliphatic carbocycles. The molecule has 0 amide bonds. The van der Waals surface area contributed by atoms with Crippen LogP contribution in [0.4, 0.5) is 4.39 Å². The Morgan fingerprint density at radius 3 is 2.33 bits per heavy atom. The van der Waals surface area contributed by atoms with Crippen LogP contribution < -0.4 is 4.57 Å². The van der Waals surface area contributed by atoms with Gasteiger partial charge in [-0.3, -0.25) is 4.90 Å². The molecule has 2 aliphatic rings. The van der Waals surface area contributed by atoms with Crippen molar-refractivity contribution in [3.8, 4) is 22.4 Å². The van der Waals surface area contributed by atoms with Gasteiger partial charge in [-0.05, 0) is 60.6 Å². The van der Waals surface area contributed by atoms with Crippen LogP contribution in [-0.4, -0.2) is 37.2 Å². The third-order valence-corrected chi connectivity index (χ3v) is 9.15. The van der Waals surface area contributed by atoms with Crippen LogP contribution in [0.3, 0.4) is 0 Å². The molecule has 0 spiro atoms. The summed E-state index contributed by atoms with van der Waals surface area (Å²) in [6.45, 7) is 5.78. The molecular weight excluding hydrogens is 499 g/mol. The number of hydrogen-bond acceptors (Lipinski definition) is 3. The van der Waals surface area contributed by atoms with Gasteiger partial charge in [0.25, 0.3) is 0 Å². The maximum atomic E-state index is 15.6. The van der Waals surface area contributed by atoms with Crippen LogP contribution in [0.5, 0.6) is 0 Å². The molecule has 0 bridgehead atoms. The minimum atomic E-state index is -0.258. The Bertz CT molecular complexity index is 1680. The summed E-state index contributed by atoms with van der Waals surface area (Å²) < 4.78 is 29.9. The van der Waals surface area contributed by atoms with E-state index in [1.54, 1.807) is 6.07 Å². The molecule has 2 aromatic heterocycles. The number of hydrogen-bond donors (Lipinski definition) is 0. The molecule has 40 heavy (non-hydrogen) atoms. The summed E-state index contributed by atoms with van der Waals surface area (Å²) in [5, 5.41) is 1.95. The molecule has 1 aliphatic heterocycles.